The van der Waals surface area contributed by atoms with Gasteiger partial charge in [0.25, 0.3) is 0 Å². The third-order valence-corrected chi connectivity index (χ3v) is 8.80. The number of rotatable bonds is 13. The molecule has 0 saturated carbocycles. The molecule has 1 N–H and O–H groups in total. The van der Waals surface area contributed by atoms with Gasteiger partial charge in [-0.05, 0) is 52.6 Å². The van der Waals surface area contributed by atoms with E-state index in [0.717, 1.165) is 52.2 Å². The second-order valence-corrected chi connectivity index (χ2v) is 12.3. The lowest BCUT2D eigenvalue weighted by molar-refractivity contribution is -0.134. The van der Waals surface area contributed by atoms with Gasteiger partial charge in [0.2, 0.25) is 5.91 Å². The molecular weight excluding hydrogens is 612 g/mol. The van der Waals surface area contributed by atoms with Gasteiger partial charge >= 0.3 is 6.09 Å². The molecule has 2 amide bonds. The number of benzene rings is 5. The van der Waals surface area contributed by atoms with E-state index in [4.69, 9.17) is 14.2 Å². The summed E-state index contributed by atoms with van der Waals surface area (Å²) in [5.74, 6) is 1.64. The Hall–Kier alpha value is -5.56. The molecule has 1 atom stereocenters. The molecule has 49 heavy (non-hydrogen) atoms. The Morgan fingerprint density at radius 3 is 1.71 bits per heavy atom. The molecule has 1 fully saturated rings. The third-order valence-electron chi connectivity index (χ3n) is 8.80. The van der Waals surface area contributed by atoms with Crippen LogP contribution in [0.4, 0.5) is 4.79 Å². The minimum Gasteiger partial charge on any atom is -0.489 e. The number of piperidine rings is 1. The van der Waals surface area contributed by atoms with E-state index in [0.29, 0.717) is 32.7 Å². The van der Waals surface area contributed by atoms with E-state index >= 15 is 0 Å². The van der Waals surface area contributed by atoms with Gasteiger partial charge in [0.15, 0.2) is 0 Å². The zero-order chi connectivity index (χ0) is 33.7. The molecule has 5 aromatic carbocycles. The molecule has 0 aromatic heterocycles. The standard InChI is InChI=1S/C42H42N2O5/c45-41(39(27-32-13-5-1-6-14-32)43-42(46)49-31-35-19-11-4-12-20-35)44-25-23-36(24-26-44)38-22-21-37(47-29-33-15-7-2-8-16-33)28-40(38)48-30-34-17-9-3-10-18-34/h1-22,28,36,39H,23-27,29-31H2,(H,43,46). The van der Waals surface area contributed by atoms with Crippen LogP contribution in [0.15, 0.2) is 140 Å². The van der Waals surface area contributed by atoms with Crippen molar-refractivity contribution in [3.05, 3.63) is 167 Å². The van der Waals surface area contributed by atoms with Crippen LogP contribution in [-0.4, -0.2) is 36.0 Å². The lowest BCUT2D eigenvalue weighted by Crippen LogP contribution is -2.51. The van der Waals surface area contributed by atoms with Crippen molar-refractivity contribution in [3.8, 4) is 11.5 Å². The summed E-state index contributed by atoms with van der Waals surface area (Å²) in [6, 6.07) is 44.8. The zero-order valence-corrected chi connectivity index (χ0v) is 27.6. The molecule has 1 unspecified atom stereocenters. The molecule has 5 aromatic rings. The Morgan fingerprint density at radius 1 is 0.633 bits per heavy atom. The Balaban J connectivity index is 1.12. The summed E-state index contributed by atoms with van der Waals surface area (Å²) in [5.41, 5.74) is 5.14. The van der Waals surface area contributed by atoms with E-state index in [2.05, 4.69) is 23.5 Å². The Labute approximate surface area is 288 Å². The fraction of sp³-hybridized carbons (Fsp3) is 0.238. The van der Waals surface area contributed by atoms with Crippen LogP contribution in [0.3, 0.4) is 0 Å². The summed E-state index contributed by atoms with van der Waals surface area (Å²) in [7, 11) is 0. The maximum Gasteiger partial charge on any atom is 0.408 e. The summed E-state index contributed by atoms with van der Waals surface area (Å²) < 4.78 is 18.1. The van der Waals surface area contributed by atoms with E-state index < -0.39 is 12.1 Å². The molecule has 1 heterocycles. The van der Waals surface area contributed by atoms with E-state index in [-0.39, 0.29) is 18.4 Å². The number of amides is 2. The third kappa shape index (κ3) is 9.73. The molecule has 6 rings (SSSR count). The number of likely N-dealkylation sites (tertiary alicyclic amines) is 1. The average molecular weight is 655 g/mol. The highest BCUT2D eigenvalue weighted by atomic mass is 16.5. The summed E-state index contributed by atoms with van der Waals surface area (Å²) in [5, 5.41) is 2.86. The number of carbonyl (C=O) groups is 2. The van der Waals surface area contributed by atoms with Crippen LogP contribution in [-0.2, 0) is 35.8 Å². The van der Waals surface area contributed by atoms with Crippen LogP contribution in [0.1, 0.15) is 46.6 Å². The first-order valence-electron chi connectivity index (χ1n) is 16.9. The average Bonchev–Trinajstić information content (AvgIpc) is 3.16. The predicted octanol–water partition coefficient (Wildman–Crippen LogP) is 8.09. The van der Waals surface area contributed by atoms with Crippen LogP contribution in [0.5, 0.6) is 11.5 Å². The van der Waals surface area contributed by atoms with Gasteiger partial charge in [-0.3, -0.25) is 4.79 Å². The zero-order valence-electron chi connectivity index (χ0n) is 27.6. The molecule has 7 nitrogen and oxygen atoms in total. The van der Waals surface area contributed by atoms with Crippen molar-refractivity contribution in [1.82, 2.24) is 10.2 Å². The summed E-state index contributed by atoms with van der Waals surface area (Å²) in [4.78, 5) is 28.7. The van der Waals surface area contributed by atoms with Crippen molar-refractivity contribution in [2.75, 3.05) is 13.1 Å². The molecule has 0 aliphatic carbocycles. The Kier molecular flexibility index (Phi) is 11.6. The van der Waals surface area contributed by atoms with Gasteiger partial charge in [0, 0.05) is 25.6 Å². The molecule has 1 saturated heterocycles. The van der Waals surface area contributed by atoms with Gasteiger partial charge in [-0.2, -0.15) is 0 Å². The van der Waals surface area contributed by atoms with E-state index in [1.165, 1.54) is 0 Å². The number of hydrogen-bond donors (Lipinski definition) is 1. The number of ether oxygens (including phenoxy) is 3. The summed E-state index contributed by atoms with van der Waals surface area (Å²) in [6.45, 7) is 2.19. The quantitative estimate of drug-likeness (QED) is 0.139. The molecule has 0 bridgehead atoms. The highest BCUT2D eigenvalue weighted by molar-refractivity contribution is 5.86. The first kappa shape index (κ1) is 33.3. The van der Waals surface area contributed by atoms with E-state index in [9.17, 15) is 9.59 Å². The Morgan fingerprint density at radius 2 is 1.14 bits per heavy atom. The second-order valence-electron chi connectivity index (χ2n) is 12.3. The van der Waals surface area contributed by atoms with Gasteiger partial charge < -0.3 is 24.4 Å². The fourth-order valence-electron chi connectivity index (χ4n) is 6.13. The largest absolute Gasteiger partial charge is 0.489 e. The van der Waals surface area contributed by atoms with E-state index in [1.807, 2.05) is 126 Å². The maximum atomic E-state index is 13.9. The van der Waals surface area contributed by atoms with Crippen LogP contribution >= 0.6 is 0 Å². The molecule has 7 heteroatoms. The van der Waals surface area contributed by atoms with Gasteiger partial charge in [0.05, 0.1) is 0 Å². The molecule has 0 spiro atoms. The van der Waals surface area contributed by atoms with Crippen LogP contribution in [0.2, 0.25) is 0 Å². The summed E-state index contributed by atoms with van der Waals surface area (Å²) >= 11 is 0. The highest BCUT2D eigenvalue weighted by Gasteiger charge is 2.31. The molecule has 1 aliphatic heterocycles. The Bertz CT molecular complexity index is 1760. The lowest BCUT2D eigenvalue weighted by atomic mass is 9.88. The normalized spacial score (nSPS) is 13.7. The number of alkyl carbamates (subject to hydrolysis) is 1. The van der Waals surface area contributed by atoms with Crippen molar-refractivity contribution >= 4 is 12.0 Å². The summed E-state index contributed by atoms with van der Waals surface area (Å²) in [6.07, 6.45) is 1.31. The molecule has 0 radical (unpaired) electrons. The van der Waals surface area contributed by atoms with Crippen LogP contribution in [0.25, 0.3) is 0 Å². The first-order chi connectivity index (χ1) is 24.1. The number of carbonyl (C=O) groups excluding carboxylic acids is 2. The first-order valence-corrected chi connectivity index (χ1v) is 16.9. The maximum absolute atomic E-state index is 13.9. The van der Waals surface area contributed by atoms with Crippen LogP contribution in [0, 0.1) is 0 Å². The lowest BCUT2D eigenvalue weighted by Gasteiger charge is -2.35. The van der Waals surface area contributed by atoms with Gasteiger partial charge in [0.1, 0.15) is 37.4 Å². The van der Waals surface area contributed by atoms with Crippen molar-refractivity contribution in [2.24, 2.45) is 0 Å². The predicted molar refractivity (Wildman–Crippen MR) is 190 cm³/mol. The smallest absolute Gasteiger partial charge is 0.408 e. The van der Waals surface area contributed by atoms with Crippen molar-refractivity contribution in [3.63, 3.8) is 0 Å². The SMILES string of the molecule is O=C(NC(Cc1ccccc1)C(=O)N1CCC(c2ccc(OCc3ccccc3)cc2OCc2ccccc2)CC1)OCc1ccccc1. The van der Waals surface area contributed by atoms with Crippen molar-refractivity contribution in [2.45, 2.75) is 51.0 Å². The highest BCUT2D eigenvalue weighted by Crippen LogP contribution is 2.37. The van der Waals surface area contributed by atoms with Crippen molar-refractivity contribution < 1.29 is 23.8 Å². The minimum atomic E-state index is -0.743. The topological polar surface area (TPSA) is 77.1 Å². The van der Waals surface area contributed by atoms with Gasteiger partial charge in [-0.15, -0.1) is 0 Å². The molecular formula is C42H42N2O5. The van der Waals surface area contributed by atoms with Gasteiger partial charge in [-0.1, -0.05) is 127 Å². The number of nitrogens with zero attached hydrogens (tertiary/aromatic N) is 1. The van der Waals surface area contributed by atoms with Crippen molar-refractivity contribution in [1.29, 1.82) is 0 Å². The van der Waals surface area contributed by atoms with Crippen LogP contribution < -0.4 is 14.8 Å². The fourth-order valence-corrected chi connectivity index (χ4v) is 6.13. The number of nitrogens with one attached hydrogen (secondary N) is 1. The van der Waals surface area contributed by atoms with Gasteiger partial charge in [-0.25, -0.2) is 4.79 Å². The number of hydrogen-bond acceptors (Lipinski definition) is 5. The monoisotopic (exact) mass is 654 g/mol. The molecule has 1 aliphatic rings. The minimum absolute atomic E-state index is 0.107. The molecule has 250 valence electrons. The second kappa shape index (κ2) is 17.0. The van der Waals surface area contributed by atoms with E-state index in [1.54, 1.807) is 0 Å².